The van der Waals surface area contributed by atoms with Gasteiger partial charge in [-0.1, -0.05) is 12.8 Å². The first-order valence-electron chi connectivity index (χ1n) is 8.67. The van der Waals surface area contributed by atoms with Crippen molar-refractivity contribution in [1.82, 2.24) is 15.1 Å². The molecule has 3 aliphatic rings. The van der Waals surface area contributed by atoms with Crippen LogP contribution in [0.25, 0.3) is 0 Å². The molecule has 0 unspecified atom stereocenters. The molecule has 120 valence electrons. The van der Waals surface area contributed by atoms with Crippen LogP contribution in [0.5, 0.6) is 0 Å². The summed E-state index contributed by atoms with van der Waals surface area (Å²) in [6.07, 6.45) is 7.81. The first kappa shape index (κ1) is 15.3. The maximum Gasteiger partial charge on any atom is 0.248 e. The lowest BCUT2D eigenvalue weighted by atomic mass is 10.1. The normalized spacial score (nSPS) is 26.4. The molecule has 0 atom stereocenters. The molecule has 0 aromatic carbocycles. The fourth-order valence-electron chi connectivity index (χ4n) is 3.85. The molecule has 2 aliphatic heterocycles. The van der Waals surface area contributed by atoms with Gasteiger partial charge >= 0.3 is 0 Å². The van der Waals surface area contributed by atoms with Gasteiger partial charge in [-0.15, -0.1) is 0 Å². The van der Waals surface area contributed by atoms with Gasteiger partial charge < -0.3 is 15.0 Å². The van der Waals surface area contributed by atoms with Crippen molar-refractivity contribution >= 4 is 5.91 Å². The minimum Gasteiger partial charge on any atom is -0.368 e. The van der Waals surface area contributed by atoms with E-state index in [4.69, 9.17) is 4.74 Å². The van der Waals surface area contributed by atoms with Gasteiger partial charge in [0.05, 0.1) is 6.10 Å². The molecule has 5 heteroatoms. The van der Waals surface area contributed by atoms with Gasteiger partial charge in [0.25, 0.3) is 0 Å². The zero-order valence-corrected chi connectivity index (χ0v) is 13.1. The predicted molar refractivity (Wildman–Crippen MR) is 82.3 cm³/mol. The summed E-state index contributed by atoms with van der Waals surface area (Å²) in [5.74, 6) is 0.180. The van der Waals surface area contributed by atoms with E-state index in [1.165, 1.54) is 25.7 Å². The SMILES string of the molecule is O=C(COC1CCNCC1)N1CCN(C2CCCC2)CC1. The minimum atomic E-state index is 0.180. The Kier molecular flexibility index (Phi) is 5.49. The highest BCUT2D eigenvalue weighted by atomic mass is 16.5. The molecule has 1 amide bonds. The van der Waals surface area contributed by atoms with Crippen LogP contribution in [-0.2, 0) is 9.53 Å². The number of hydrogen-bond acceptors (Lipinski definition) is 4. The van der Waals surface area contributed by atoms with E-state index in [0.717, 1.165) is 58.2 Å². The van der Waals surface area contributed by atoms with Gasteiger partial charge in [-0.25, -0.2) is 0 Å². The number of amides is 1. The Hall–Kier alpha value is -0.650. The maximum atomic E-state index is 12.2. The van der Waals surface area contributed by atoms with Crippen molar-refractivity contribution in [2.45, 2.75) is 50.7 Å². The quantitative estimate of drug-likeness (QED) is 0.835. The van der Waals surface area contributed by atoms with Crippen molar-refractivity contribution < 1.29 is 9.53 Å². The standard InChI is InChI=1S/C16H29N3O2/c20-16(13-21-15-5-7-17-8-6-15)19-11-9-18(10-12-19)14-3-1-2-4-14/h14-15,17H,1-13H2. The Morgan fingerprint density at radius 1 is 1.00 bits per heavy atom. The molecule has 1 N–H and O–H groups in total. The number of rotatable bonds is 4. The average molecular weight is 295 g/mol. The first-order valence-corrected chi connectivity index (χ1v) is 8.67. The third-order valence-corrected chi connectivity index (χ3v) is 5.24. The molecule has 21 heavy (non-hydrogen) atoms. The summed E-state index contributed by atoms with van der Waals surface area (Å²) < 4.78 is 5.78. The Balaban J connectivity index is 1.36. The van der Waals surface area contributed by atoms with Crippen LogP contribution < -0.4 is 5.32 Å². The van der Waals surface area contributed by atoms with Gasteiger partial charge in [-0.2, -0.15) is 0 Å². The molecule has 3 rings (SSSR count). The summed E-state index contributed by atoms with van der Waals surface area (Å²) in [5.41, 5.74) is 0. The highest BCUT2D eigenvalue weighted by molar-refractivity contribution is 5.77. The number of nitrogens with zero attached hydrogens (tertiary/aromatic N) is 2. The zero-order chi connectivity index (χ0) is 14.5. The number of piperazine rings is 1. The van der Waals surface area contributed by atoms with Gasteiger partial charge in [0.15, 0.2) is 0 Å². The number of ether oxygens (including phenoxy) is 1. The highest BCUT2D eigenvalue weighted by Gasteiger charge is 2.28. The number of nitrogens with one attached hydrogen (secondary N) is 1. The molecule has 0 aromatic rings. The monoisotopic (exact) mass is 295 g/mol. The lowest BCUT2D eigenvalue weighted by Gasteiger charge is -2.38. The molecule has 5 nitrogen and oxygen atoms in total. The summed E-state index contributed by atoms with van der Waals surface area (Å²) in [4.78, 5) is 16.8. The van der Waals surface area contributed by atoms with Crippen LogP contribution in [-0.4, -0.2) is 73.7 Å². The van der Waals surface area contributed by atoms with E-state index < -0.39 is 0 Å². The average Bonchev–Trinajstić information content (AvgIpc) is 3.08. The fraction of sp³-hybridized carbons (Fsp3) is 0.938. The van der Waals surface area contributed by atoms with Crippen molar-refractivity contribution in [3.8, 4) is 0 Å². The van der Waals surface area contributed by atoms with Crippen molar-refractivity contribution in [3.63, 3.8) is 0 Å². The smallest absolute Gasteiger partial charge is 0.248 e. The van der Waals surface area contributed by atoms with Crippen LogP contribution in [0.4, 0.5) is 0 Å². The topological polar surface area (TPSA) is 44.8 Å². The van der Waals surface area contributed by atoms with E-state index in [2.05, 4.69) is 10.2 Å². The highest BCUT2D eigenvalue weighted by Crippen LogP contribution is 2.24. The van der Waals surface area contributed by atoms with Crippen LogP contribution in [0.1, 0.15) is 38.5 Å². The summed E-state index contributed by atoms with van der Waals surface area (Å²) in [6.45, 7) is 6.15. The molecule has 0 radical (unpaired) electrons. The third kappa shape index (κ3) is 4.18. The third-order valence-electron chi connectivity index (χ3n) is 5.24. The Morgan fingerprint density at radius 3 is 2.33 bits per heavy atom. The van der Waals surface area contributed by atoms with E-state index in [1.54, 1.807) is 0 Å². The van der Waals surface area contributed by atoms with Crippen LogP contribution in [0.2, 0.25) is 0 Å². The lowest BCUT2D eigenvalue weighted by molar-refractivity contribution is -0.140. The Bertz CT molecular complexity index is 330. The summed E-state index contributed by atoms with van der Waals surface area (Å²) in [7, 11) is 0. The molecule has 0 spiro atoms. The second kappa shape index (κ2) is 7.56. The zero-order valence-electron chi connectivity index (χ0n) is 13.1. The fourth-order valence-corrected chi connectivity index (χ4v) is 3.85. The van der Waals surface area contributed by atoms with E-state index in [1.807, 2.05) is 4.90 Å². The molecule has 0 bridgehead atoms. The minimum absolute atomic E-state index is 0.180. The van der Waals surface area contributed by atoms with Crippen LogP contribution in [0, 0.1) is 0 Å². The van der Waals surface area contributed by atoms with Gasteiger partial charge in [0, 0.05) is 32.2 Å². The van der Waals surface area contributed by atoms with Gasteiger partial charge in [0.1, 0.15) is 6.61 Å². The van der Waals surface area contributed by atoms with E-state index in [9.17, 15) is 4.79 Å². The van der Waals surface area contributed by atoms with Crippen molar-refractivity contribution in [2.75, 3.05) is 45.9 Å². The van der Waals surface area contributed by atoms with E-state index >= 15 is 0 Å². The Morgan fingerprint density at radius 2 is 1.67 bits per heavy atom. The number of carbonyl (C=O) groups is 1. The molecule has 2 saturated heterocycles. The number of piperidine rings is 1. The molecular weight excluding hydrogens is 266 g/mol. The second-order valence-corrected chi connectivity index (χ2v) is 6.62. The summed E-state index contributed by atoms with van der Waals surface area (Å²) in [6, 6.07) is 0.785. The molecule has 1 saturated carbocycles. The van der Waals surface area contributed by atoms with E-state index in [0.29, 0.717) is 0 Å². The van der Waals surface area contributed by atoms with E-state index in [-0.39, 0.29) is 18.6 Å². The number of carbonyl (C=O) groups excluding carboxylic acids is 1. The van der Waals surface area contributed by atoms with Crippen LogP contribution >= 0.6 is 0 Å². The molecule has 0 aromatic heterocycles. The van der Waals surface area contributed by atoms with Gasteiger partial charge in [-0.3, -0.25) is 9.69 Å². The van der Waals surface area contributed by atoms with Crippen LogP contribution in [0.3, 0.4) is 0 Å². The number of hydrogen-bond donors (Lipinski definition) is 1. The first-order chi connectivity index (χ1) is 10.3. The van der Waals surface area contributed by atoms with Crippen LogP contribution in [0.15, 0.2) is 0 Å². The predicted octanol–water partition coefficient (Wildman–Crippen LogP) is 0.842. The maximum absolute atomic E-state index is 12.2. The van der Waals surface area contributed by atoms with Crippen molar-refractivity contribution in [2.24, 2.45) is 0 Å². The molecular formula is C16H29N3O2. The summed E-state index contributed by atoms with van der Waals surface area (Å²) >= 11 is 0. The Labute approximate surface area is 128 Å². The van der Waals surface area contributed by atoms with Gasteiger partial charge in [0.2, 0.25) is 5.91 Å². The second-order valence-electron chi connectivity index (χ2n) is 6.62. The molecule has 2 heterocycles. The molecule has 1 aliphatic carbocycles. The molecule has 3 fully saturated rings. The largest absolute Gasteiger partial charge is 0.368 e. The van der Waals surface area contributed by atoms with Crippen molar-refractivity contribution in [3.05, 3.63) is 0 Å². The summed E-state index contributed by atoms with van der Waals surface area (Å²) in [5, 5.41) is 3.32. The van der Waals surface area contributed by atoms with Gasteiger partial charge in [-0.05, 0) is 38.8 Å². The lowest BCUT2D eigenvalue weighted by Crippen LogP contribution is -2.52. The van der Waals surface area contributed by atoms with Crippen molar-refractivity contribution in [1.29, 1.82) is 0 Å².